The van der Waals surface area contributed by atoms with E-state index in [1.165, 1.54) is 13.3 Å². The Morgan fingerprint density at radius 2 is 2.31 bits per heavy atom. The fraction of sp³-hybridized carbons (Fsp3) is 0.500. The Morgan fingerprint density at radius 3 is 2.69 bits per heavy atom. The van der Waals surface area contributed by atoms with E-state index in [0.29, 0.717) is 5.82 Å². The molecular formula is C8H12N4O. The molecule has 0 fully saturated rings. The highest BCUT2D eigenvalue weighted by Gasteiger charge is 2.01. The maximum Gasteiger partial charge on any atom is 0.245 e. The van der Waals surface area contributed by atoms with Gasteiger partial charge in [-0.25, -0.2) is 4.98 Å². The summed E-state index contributed by atoms with van der Waals surface area (Å²) in [6.07, 6.45) is 1.44. The maximum absolute atomic E-state index is 10.6. The van der Waals surface area contributed by atoms with Crippen molar-refractivity contribution in [1.29, 1.82) is 5.26 Å². The van der Waals surface area contributed by atoms with Gasteiger partial charge in [-0.05, 0) is 0 Å². The summed E-state index contributed by atoms with van der Waals surface area (Å²) in [6, 6.07) is 1.89. The third kappa shape index (κ3) is 3.47. The smallest absolute Gasteiger partial charge is 0.245 e. The lowest BCUT2D eigenvalue weighted by Crippen LogP contribution is -2.06. The molecule has 0 saturated heterocycles. The third-order valence-corrected chi connectivity index (χ3v) is 1.10. The van der Waals surface area contributed by atoms with E-state index in [1.807, 2.05) is 19.9 Å². The van der Waals surface area contributed by atoms with Crippen molar-refractivity contribution in [2.24, 2.45) is 0 Å². The lowest BCUT2D eigenvalue weighted by molar-refractivity contribution is 0.0920. The first-order valence-corrected chi connectivity index (χ1v) is 4.02. The molecule has 0 bridgehead atoms. The minimum absolute atomic E-state index is 0.139. The molecule has 13 heavy (non-hydrogen) atoms. The first kappa shape index (κ1) is 11.3. The molecule has 5 nitrogen and oxygen atoms in total. The van der Waals surface area contributed by atoms with Gasteiger partial charge in [-0.2, -0.15) is 9.94 Å². The minimum atomic E-state index is -0.207. The molecule has 0 aliphatic carbocycles. The molecule has 1 rings (SSSR count). The Hall–Kier alpha value is -1.70. The Kier molecular flexibility index (Phi) is 5.12. The Labute approximate surface area is 77.0 Å². The van der Waals surface area contributed by atoms with E-state index < -0.39 is 0 Å². The first-order chi connectivity index (χ1) is 6.24. The van der Waals surface area contributed by atoms with Crippen molar-refractivity contribution in [2.45, 2.75) is 27.2 Å². The zero-order chi connectivity index (χ0) is 10.3. The van der Waals surface area contributed by atoms with E-state index in [2.05, 4.69) is 10.1 Å². The molecule has 5 heteroatoms. The molecule has 0 aromatic carbocycles. The molecule has 1 aromatic rings. The van der Waals surface area contributed by atoms with Gasteiger partial charge in [-0.3, -0.25) is 4.79 Å². The summed E-state index contributed by atoms with van der Waals surface area (Å²) in [4.78, 5) is 14.4. The number of nitriles is 1. The van der Waals surface area contributed by atoms with Gasteiger partial charge >= 0.3 is 0 Å². The van der Waals surface area contributed by atoms with Crippen LogP contribution in [0.25, 0.3) is 0 Å². The maximum atomic E-state index is 10.6. The van der Waals surface area contributed by atoms with Crippen molar-refractivity contribution in [3.05, 3.63) is 12.2 Å². The fourth-order valence-electron chi connectivity index (χ4n) is 0.601. The van der Waals surface area contributed by atoms with Crippen LogP contribution >= 0.6 is 0 Å². The van der Waals surface area contributed by atoms with E-state index >= 15 is 0 Å². The molecule has 1 aromatic heterocycles. The van der Waals surface area contributed by atoms with Gasteiger partial charge in [0.1, 0.15) is 6.33 Å². The molecular weight excluding hydrogens is 168 g/mol. The van der Waals surface area contributed by atoms with Crippen molar-refractivity contribution in [1.82, 2.24) is 14.8 Å². The summed E-state index contributed by atoms with van der Waals surface area (Å²) >= 11 is 0. The van der Waals surface area contributed by atoms with E-state index in [-0.39, 0.29) is 12.3 Å². The van der Waals surface area contributed by atoms with Crippen LogP contribution in [0, 0.1) is 11.3 Å². The van der Waals surface area contributed by atoms with Gasteiger partial charge in [0.25, 0.3) is 0 Å². The summed E-state index contributed by atoms with van der Waals surface area (Å²) in [5.41, 5.74) is 0. The van der Waals surface area contributed by atoms with Crippen molar-refractivity contribution in [3.63, 3.8) is 0 Å². The zero-order valence-corrected chi connectivity index (χ0v) is 7.98. The monoisotopic (exact) mass is 180 g/mol. The molecule has 70 valence electrons. The van der Waals surface area contributed by atoms with Crippen LogP contribution in [-0.2, 0) is 6.42 Å². The first-order valence-electron chi connectivity index (χ1n) is 4.02. The van der Waals surface area contributed by atoms with Crippen LogP contribution in [0.1, 0.15) is 31.4 Å². The predicted molar refractivity (Wildman–Crippen MR) is 47.0 cm³/mol. The molecule has 0 aliphatic heterocycles. The number of aromatic nitrogens is 3. The molecule has 0 N–H and O–H groups in total. The molecule has 1 heterocycles. The van der Waals surface area contributed by atoms with Crippen molar-refractivity contribution in [2.75, 3.05) is 0 Å². The Balaban J connectivity index is 0.000000671. The predicted octanol–water partition coefficient (Wildman–Crippen LogP) is 1.03. The molecule has 0 spiro atoms. The quantitative estimate of drug-likeness (QED) is 0.647. The largest absolute Gasteiger partial charge is 0.273 e. The summed E-state index contributed by atoms with van der Waals surface area (Å²) in [5.74, 6) is 0.171. The second-order valence-corrected chi connectivity index (χ2v) is 1.96. The number of rotatable bonds is 1. The van der Waals surface area contributed by atoms with Gasteiger partial charge in [0.2, 0.25) is 5.91 Å². The molecule has 0 atom stereocenters. The van der Waals surface area contributed by atoms with Crippen molar-refractivity contribution in [3.8, 4) is 6.07 Å². The number of nitrogens with zero attached hydrogens (tertiary/aromatic N) is 4. The average molecular weight is 180 g/mol. The number of hydrogen-bond donors (Lipinski definition) is 0. The standard InChI is InChI=1S/C6H6N4O.C2H6/c1-5(11)10-4-8-6(9-10)2-3-7;1-2/h4H,2H2,1H3;1-2H3. The van der Waals surface area contributed by atoms with Gasteiger partial charge in [-0.1, -0.05) is 13.8 Å². The zero-order valence-electron chi connectivity index (χ0n) is 7.98. The fourth-order valence-corrected chi connectivity index (χ4v) is 0.601. The van der Waals surface area contributed by atoms with Gasteiger partial charge in [0.05, 0.1) is 12.5 Å². The highest BCUT2D eigenvalue weighted by Crippen LogP contribution is 1.89. The average Bonchev–Trinajstić information content (AvgIpc) is 2.57. The van der Waals surface area contributed by atoms with E-state index in [9.17, 15) is 4.79 Å². The van der Waals surface area contributed by atoms with E-state index in [1.54, 1.807) is 0 Å². The summed E-state index contributed by atoms with van der Waals surface area (Å²) < 4.78 is 1.10. The van der Waals surface area contributed by atoms with E-state index in [4.69, 9.17) is 5.26 Å². The minimum Gasteiger partial charge on any atom is -0.273 e. The number of carbonyl (C=O) groups excluding carboxylic acids is 1. The SMILES string of the molecule is CC.CC(=O)n1cnc(CC#N)n1. The Morgan fingerprint density at radius 1 is 1.69 bits per heavy atom. The lowest BCUT2D eigenvalue weighted by Gasteiger charge is -1.86. The van der Waals surface area contributed by atoms with Crippen LogP contribution in [0.4, 0.5) is 0 Å². The summed E-state index contributed by atoms with van der Waals surface area (Å²) in [5, 5.41) is 12.0. The molecule has 0 aliphatic rings. The van der Waals surface area contributed by atoms with Gasteiger partial charge in [-0.15, -0.1) is 5.10 Å². The van der Waals surface area contributed by atoms with Gasteiger partial charge in [0, 0.05) is 6.92 Å². The second kappa shape index (κ2) is 5.89. The summed E-state index contributed by atoms with van der Waals surface area (Å²) in [7, 11) is 0. The van der Waals surface area contributed by atoms with Crippen LogP contribution < -0.4 is 0 Å². The number of carbonyl (C=O) groups is 1. The lowest BCUT2D eigenvalue weighted by atomic mass is 10.5. The van der Waals surface area contributed by atoms with Gasteiger partial charge in [0.15, 0.2) is 5.82 Å². The van der Waals surface area contributed by atoms with Crippen LogP contribution in [0.3, 0.4) is 0 Å². The Bertz CT molecular complexity index is 310. The van der Waals surface area contributed by atoms with E-state index in [0.717, 1.165) is 4.68 Å². The summed E-state index contributed by atoms with van der Waals surface area (Å²) in [6.45, 7) is 5.38. The normalized spacial score (nSPS) is 8.15. The molecule has 0 saturated carbocycles. The van der Waals surface area contributed by atoms with Crippen LogP contribution in [-0.4, -0.2) is 20.7 Å². The van der Waals surface area contributed by atoms with Crippen LogP contribution in [0.2, 0.25) is 0 Å². The van der Waals surface area contributed by atoms with Crippen LogP contribution in [0.15, 0.2) is 6.33 Å². The molecule has 0 unspecified atom stereocenters. The van der Waals surface area contributed by atoms with Crippen molar-refractivity contribution < 1.29 is 4.79 Å². The molecule has 0 radical (unpaired) electrons. The second-order valence-electron chi connectivity index (χ2n) is 1.96. The highest BCUT2D eigenvalue weighted by molar-refractivity contribution is 5.74. The van der Waals surface area contributed by atoms with Crippen LogP contribution in [0.5, 0.6) is 0 Å². The van der Waals surface area contributed by atoms with Gasteiger partial charge < -0.3 is 0 Å². The highest BCUT2D eigenvalue weighted by atomic mass is 16.2. The van der Waals surface area contributed by atoms with Crippen molar-refractivity contribution >= 4 is 5.91 Å². The number of hydrogen-bond acceptors (Lipinski definition) is 4. The molecule has 0 amide bonds. The third-order valence-electron chi connectivity index (χ3n) is 1.10. The topological polar surface area (TPSA) is 71.6 Å².